The van der Waals surface area contributed by atoms with E-state index in [4.69, 9.17) is 12.2 Å². The number of amides is 2. The third-order valence-corrected chi connectivity index (χ3v) is 4.27. The minimum atomic E-state index is -0.304. The predicted octanol–water partition coefficient (Wildman–Crippen LogP) is 4.37. The zero-order valence-electron chi connectivity index (χ0n) is 15.2. The van der Waals surface area contributed by atoms with Crippen molar-refractivity contribution in [3.05, 3.63) is 95.6 Å². The largest absolute Gasteiger partial charge is 0.332 e. The number of anilines is 2. The fourth-order valence-electron chi connectivity index (χ4n) is 2.66. The molecule has 3 aromatic rings. The monoisotopic (exact) mass is 389 g/mol. The van der Waals surface area contributed by atoms with Crippen molar-refractivity contribution in [1.29, 1.82) is 0 Å². The van der Waals surface area contributed by atoms with Gasteiger partial charge in [-0.1, -0.05) is 48.5 Å². The molecule has 6 heteroatoms. The fraction of sp³-hybridized carbons (Fsp3) is 0.0455. The molecule has 0 spiro atoms. The summed E-state index contributed by atoms with van der Waals surface area (Å²) in [5, 5.41) is 8.54. The van der Waals surface area contributed by atoms with E-state index in [2.05, 4.69) is 16.0 Å². The Labute approximate surface area is 168 Å². The van der Waals surface area contributed by atoms with Crippen LogP contribution in [0.5, 0.6) is 0 Å². The second kappa shape index (κ2) is 8.92. The van der Waals surface area contributed by atoms with Gasteiger partial charge in [0.1, 0.15) is 0 Å². The van der Waals surface area contributed by atoms with E-state index < -0.39 is 0 Å². The third kappa shape index (κ3) is 4.81. The van der Waals surface area contributed by atoms with E-state index in [1.807, 2.05) is 37.3 Å². The van der Waals surface area contributed by atoms with Crippen LogP contribution in [-0.2, 0) is 0 Å². The number of thiocarbonyl (C=S) groups is 1. The van der Waals surface area contributed by atoms with Crippen molar-refractivity contribution in [2.75, 3.05) is 10.6 Å². The van der Waals surface area contributed by atoms with Gasteiger partial charge < -0.3 is 10.6 Å². The van der Waals surface area contributed by atoms with Crippen LogP contribution in [0.1, 0.15) is 26.3 Å². The third-order valence-electron chi connectivity index (χ3n) is 4.07. The molecule has 0 aliphatic heterocycles. The van der Waals surface area contributed by atoms with E-state index >= 15 is 0 Å². The van der Waals surface area contributed by atoms with Crippen molar-refractivity contribution in [2.24, 2.45) is 0 Å². The summed E-state index contributed by atoms with van der Waals surface area (Å²) in [4.78, 5) is 25.0. The molecule has 0 heterocycles. The zero-order chi connectivity index (χ0) is 19.9. The molecular formula is C22H19N3O2S. The van der Waals surface area contributed by atoms with Crippen molar-refractivity contribution in [1.82, 2.24) is 5.32 Å². The van der Waals surface area contributed by atoms with Crippen LogP contribution in [0.3, 0.4) is 0 Å². The Kier molecular flexibility index (Phi) is 6.14. The van der Waals surface area contributed by atoms with E-state index in [0.717, 1.165) is 5.56 Å². The highest BCUT2D eigenvalue weighted by Crippen LogP contribution is 2.17. The van der Waals surface area contributed by atoms with Crippen molar-refractivity contribution >= 4 is 40.5 Å². The van der Waals surface area contributed by atoms with Crippen LogP contribution in [0.2, 0.25) is 0 Å². The highest BCUT2D eigenvalue weighted by molar-refractivity contribution is 7.80. The standard InChI is InChI=1S/C22H19N3O2S/c1-15-9-5-6-12-17(15)20(26)25-22(28)24-19-14-8-7-13-18(19)21(27)23-16-10-3-2-4-11-16/h2-14H,1H3,(H,23,27)(H2,24,25,26,28). The Bertz CT molecular complexity index is 1020. The van der Waals surface area contributed by atoms with Gasteiger partial charge in [0.2, 0.25) is 0 Å². The minimum absolute atomic E-state index is 0.119. The molecule has 3 aromatic carbocycles. The van der Waals surface area contributed by atoms with Gasteiger partial charge in [0.05, 0.1) is 11.3 Å². The normalized spacial score (nSPS) is 10.0. The van der Waals surface area contributed by atoms with Crippen molar-refractivity contribution in [2.45, 2.75) is 6.92 Å². The number of para-hydroxylation sites is 2. The lowest BCUT2D eigenvalue weighted by Gasteiger charge is -2.14. The first kappa shape index (κ1) is 19.3. The first-order chi connectivity index (χ1) is 13.5. The summed E-state index contributed by atoms with van der Waals surface area (Å²) in [7, 11) is 0. The number of rotatable bonds is 4. The Morgan fingerprint density at radius 2 is 1.32 bits per heavy atom. The molecule has 0 aliphatic carbocycles. The van der Waals surface area contributed by atoms with Crippen LogP contribution in [0.25, 0.3) is 0 Å². The van der Waals surface area contributed by atoms with Crippen LogP contribution in [0, 0.1) is 6.92 Å². The first-order valence-electron chi connectivity index (χ1n) is 8.68. The number of hydrogen-bond acceptors (Lipinski definition) is 3. The lowest BCUT2D eigenvalue weighted by molar-refractivity contribution is 0.0976. The maximum absolute atomic E-state index is 12.6. The maximum atomic E-state index is 12.6. The molecule has 0 saturated heterocycles. The van der Waals surface area contributed by atoms with Crippen molar-refractivity contribution in [3.8, 4) is 0 Å². The molecule has 0 aliphatic rings. The molecule has 0 aromatic heterocycles. The number of carbonyl (C=O) groups is 2. The topological polar surface area (TPSA) is 70.2 Å². The molecule has 0 radical (unpaired) electrons. The second-order valence-electron chi connectivity index (χ2n) is 6.09. The predicted molar refractivity (Wildman–Crippen MR) is 116 cm³/mol. The van der Waals surface area contributed by atoms with E-state index in [1.54, 1.807) is 48.5 Å². The smallest absolute Gasteiger partial charge is 0.257 e. The molecule has 0 atom stereocenters. The van der Waals surface area contributed by atoms with Crippen molar-refractivity contribution in [3.63, 3.8) is 0 Å². The summed E-state index contributed by atoms with van der Waals surface area (Å²) in [5.41, 5.74) is 3.01. The van der Waals surface area contributed by atoms with E-state index in [0.29, 0.717) is 22.5 Å². The summed E-state index contributed by atoms with van der Waals surface area (Å²) < 4.78 is 0. The van der Waals surface area contributed by atoms with E-state index in [-0.39, 0.29) is 16.9 Å². The van der Waals surface area contributed by atoms with Gasteiger partial charge in [-0.2, -0.15) is 0 Å². The molecule has 3 rings (SSSR count). The number of nitrogens with one attached hydrogen (secondary N) is 3. The van der Waals surface area contributed by atoms with Gasteiger partial charge in [-0.05, 0) is 55.0 Å². The Morgan fingerprint density at radius 1 is 0.714 bits per heavy atom. The average Bonchev–Trinajstić information content (AvgIpc) is 2.69. The number of aryl methyl sites for hydroxylation is 1. The van der Waals surface area contributed by atoms with Crippen LogP contribution >= 0.6 is 12.2 Å². The molecule has 28 heavy (non-hydrogen) atoms. The van der Waals surface area contributed by atoms with Crippen LogP contribution in [0.15, 0.2) is 78.9 Å². The number of benzene rings is 3. The second-order valence-corrected chi connectivity index (χ2v) is 6.50. The molecule has 140 valence electrons. The van der Waals surface area contributed by atoms with Gasteiger partial charge in [0.25, 0.3) is 11.8 Å². The summed E-state index contributed by atoms with van der Waals surface area (Å²) in [6.07, 6.45) is 0. The highest BCUT2D eigenvalue weighted by atomic mass is 32.1. The number of carbonyl (C=O) groups excluding carboxylic acids is 2. The van der Waals surface area contributed by atoms with Gasteiger partial charge in [0.15, 0.2) is 5.11 Å². The van der Waals surface area contributed by atoms with Gasteiger partial charge in [0, 0.05) is 11.3 Å². The van der Waals surface area contributed by atoms with E-state index in [1.165, 1.54) is 0 Å². The van der Waals surface area contributed by atoms with E-state index in [9.17, 15) is 9.59 Å². The molecule has 0 unspecified atom stereocenters. The molecule has 3 N–H and O–H groups in total. The summed E-state index contributed by atoms with van der Waals surface area (Å²) in [6.45, 7) is 1.86. The molecule has 0 bridgehead atoms. The van der Waals surface area contributed by atoms with Gasteiger partial charge in [-0.25, -0.2) is 0 Å². The minimum Gasteiger partial charge on any atom is -0.332 e. The lowest BCUT2D eigenvalue weighted by atomic mass is 10.1. The van der Waals surface area contributed by atoms with Gasteiger partial charge >= 0.3 is 0 Å². The lowest BCUT2D eigenvalue weighted by Crippen LogP contribution is -2.35. The molecule has 0 fully saturated rings. The molecule has 5 nitrogen and oxygen atoms in total. The summed E-state index contributed by atoms with van der Waals surface area (Å²) in [5.74, 6) is -0.579. The summed E-state index contributed by atoms with van der Waals surface area (Å²) >= 11 is 5.26. The molecule has 0 saturated carbocycles. The average molecular weight is 389 g/mol. The quantitative estimate of drug-likeness (QED) is 0.580. The zero-order valence-corrected chi connectivity index (χ0v) is 16.0. The van der Waals surface area contributed by atoms with Crippen LogP contribution in [-0.4, -0.2) is 16.9 Å². The SMILES string of the molecule is Cc1ccccc1C(=O)NC(=S)Nc1ccccc1C(=O)Nc1ccccc1. The van der Waals surface area contributed by atoms with Crippen LogP contribution in [0.4, 0.5) is 11.4 Å². The Morgan fingerprint density at radius 3 is 2.04 bits per heavy atom. The number of hydrogen-bond donors (Lipinski definition) is 3. The molecule has 2 amide bonds. The van der Waals surface area contributed by atoms with Crippen LogP contribution < -0.4 is 16.0 Å². The first-order valence-corrected chi connectivity index (χ1v) is 9.09. The van der Waals surface area contributed by atoms with Crippen molar-refractivity contribution < 1.29 is 9.59 Å². The molecular weight excluding hydrogens is 370 g/mol. The fourth-order valence-corrected chi connectivity index (χ4v) is 2.86. The summed E-state index contributed by atoms with van der Waals surface area (Å²) in [6, 6.07) is 23.4. The Balaban J connectivity index is 1.71. The van der Waals surface area contributed by atoms with Gasteiger partial charge in [-0.3, -0.25) is 14.9 Å². The highest BCUT2D eigenvalue weighted by Gasteiger charge is 2.14. The Hall–Kier alpha value is -3.51. The maximum Gasteiger partial charge on any atom is 0.257 e. The van der Waals surface area contributed by atoms with Gasteiger partial charge in [-0.15, -0.1) is 0 Å².